The van der Waals surface area contributed by atoms with Crippen LogP contribution in [-0.4, -0.2) is 58.0 Å². The van der Waals surface area contributed by atoms with Crippen LogP contribution in [0.5, 0.6) is 11.5 Å². The summed E-state index contributed by atoms with van der Waals surface area (Å²) in [7, 11) is -2.05. The number of anilines is 1. The summed E-state index contributed by atoms with van der Waals surface area (Å²) in [6.45, 7) is 5.09. The minimum absolute atomic E-state index is 0.175. The first kappa shape index (κ1) is 25.5. The maximum Gasteiger partial charge on any atom is 0.338 e. The summed E-state index contributed by atoms with van der Waals surface area (Å²) in [6, 6.07) is 10.6. The Morgan fingerprint density at radius 1 is 1.03 bits per heavy atom. The highest BCUT2D eigenvalue weighted by Gasteiger charge is 2.27. The van der Waals surface area contributed by atoms with Crippen LogP contribution in [0.4, 0.5) is 5.69 Å². The van der Waals surface area contributed by atoms with Crippen LogP contribution >= 0.6 is 0 Å². The molecule has 0 saturated carbocycles. The number of nitrogens with one attached hydrogen (secondary N) is 1. The van der Waals surface area contributed by atoms with Crippen molar-refractivity contribution in [3.63, 3.8) is 0 Å². The SMILES string of the molecule is COc1cc(C(=O)OCC(=O)Nc2ccc(S(=O)(=O)N3CCCC3)cc2)ccc1OCC(C)C. The number of nitrogens with zero attached hydrogens (tertiary/aromatic N) is 1. The molecule has 0 bridgehead atoms. The Morgan fingerprint density at radius 3 is 2.32 bits per heavy atom. The van der Waals surface area contributed by atoms with E-state index in [1.807, 2.05) is 13.8 Å². The number of carbonyl (C=O) groups excluding carboxylic acids is 2. The lowest BCUT2D eigenvalue weighted by Crippen LogP contribution is -2.27. The topological polar surface area (TPSA) is 111 Å². The first-order valence-corrected chi connectivity index (χ1v) is 12.5. The smallest absolute Gasteiger partial charge is 0.338 e. The van der Waals surface area contributed by atoms with Crippen molar-refractivity contribution in [3.8, 4) is 11.5 Å². The van der Waals surface area contributed by atoms with Gasteiger partial charge in [-0.15, -0.1) is 0 Å². The van der Waals surface area contributed by atoms with E-state index in [0.717, 1.165) is 12.8 Å². The first-order valence-electron chi connectivity index (χ1n) is 11.1. The monoisotopic (exact) mass is 490 g/mol. The van der Waals surface area contributed by atoms with Crippen molar-refractivity contribution in [3.05, 3.63) is 48.0 Å². The zero-order valence-electron chi connectivity index (χ0n) is 19.6. The average Bonchev–Trinajstić information content (AvgIpc) is 3.37. The molecule has 2 aromatic rings. The molecule has 0 aromatic heterocycles. The van der Waals surface area contributed by atoms with Gasteiger partial charge < -0.3 is 19.5 Å². The third-order valence-corrected chi connectivity index (χ3v) is 7.06. The van der Waals surface area contributed by atoms with Gasteiger partial charge in [-0.05, 0) is 61.2 Å². The van der Waals surface area contributed by atoms with Gasteiger partial charge in [0.25, 0.3) is 5.91 Å². The molecular weight excluding hydrogens is 460 g/mol. The van der Waals surface area contributed by atoms with E-state index >= 15 is 0 Å². The molecule has 0 radical (unpaired) electrons. The number of sulfonamides is 1. The minimum Gasteiger partial charge on any atom is -0.493 e. The third kappa shape index (κ3) is 6.48. The zero-order chi connectivity index (χ0) is 24.7. The molecular formula is C24H30N2O7S. The van der Waals surface area contributed by atoms with Gasteiger partial charge in [0.15, 0.2) is 18.1 Å². The first-order chi connectivity index (χ1) is 16.2. The predicted octanol–water partition coefficient (Wildman–Crippen LogP) is 3.31. The van der Waals surface area contributed by atoms with Crippen molar-refractivity contribution in [2.75, 3.05) is 38.7 Å². The highest BCUT2D eigenvalue weighted by molar-refractivity contribution is 7.89. The van der Waals surface area contributed by atoms with Crippen LogP contribution in [-0.2, 0) is 19.6 Å². The van der Waals surface area contributed by atoms with E-state index < -0.39 is 28.5 Å². The Kier molecular flexibility index (Phi) is 8.51. The molecule has 3 rings (SSSR count). The highest BCUT2D eigenvalue weighted by Crippen LogP contribution is 2.29. The fourth-order valence-corrected chi connectivity index (χ4v) is 4.89. The lowest BCUT2D eigenvalue weighted by Gasteiger charge is -2.15. The average molecular weight is 491 g/mol. The molecule has 0 unspecified atom stereocenters. The number of ether oxygens (including phenoxy) is 3. The summed E-state index contributed by atoms with van der Waals surface area (Å²) in [6.07, 6.45) is 1.71. The number of amides is 1. The van der Waals surface area contributed by atoms with Gasteiger partial charge in [0.05, 0.1) is 24.2 Å². The van der Waals surface area contributed by atoms with Crippen molar-refractivity contribution in [2.45, 2.75) is 31.6 Å². The van der Waals surface area contributed by atoms with Crippen LogP contribution in [0, 0.1) is 5.92 Å². The lowest BCUT2D eigenvalue weighted by molar-refractivity contribution is -0.119. The van der Waals surface area contributed by atoms with Crippen LogP contribution < -0.4 is 14.8 Å². The number of hydrogen-bond acceptors (Lipinski definition) is 7. The molecule has 1 fully saturated rings. The fourth-order valence-electron chi connectivity index (χ4n) is 3.37. The molecule has 1 heterocycles. The Balaban J connectivity index is 1.54. The summed E-state index contributed by atoms with van der Waals surface area (Å²) in [5, 5.41) is 2.59. The Hall–Kier alpha value is -3.11. The molecule has 2 aromatic carbocycles. The molecule has 0 spiro atoms. The summed E-state index contributed by atoms with van der Waals surface area (Å²) in [4.78, 5) is 24.7. The molecule has 1 saturated heterocycles. The van der Waals surface area contributed by atoms with Gasteiger partial charge in [-0.1, -0.05) is 13.8 Å². The number of esters is 1. The van der Waals surface area contributed by atoms with Gasteiger partial charge in [0.1, 0.15) is 0 Å². The van der Waals surface area contributed by atoms with E-state index in [1.54, 1.807) is 6.07 Å². The second-order valence-corrected chi connectivity index (χ2v) is 10.3. The van der Waals surface area contributed by atoms with E-state index in [1.165, 1.54) is 47.8 Å². The van der Waals surface area contributed by atoms with E-state index in [9.17, 15) is 18.0 Å². The largest absolute Gasteiger partial charge is 0.493 e. The molecule has 184 valence electrons. The second kappa shape index (κ2) is 11.3. The molecule has 1 amide bonds. The Bertz CT molecular complexity index is 1110. The number of benzene rings is 2. The predicted molar refractivity (Wildman–Crippen MR) is 127 cm³/mol. The summed E-state index contributed by atoms with van der Waals surface area (Å²) in [5.74, 6) is 0.00557. The van der Waals surface area contributed by atoms with Gasteiger partial charge in [0.2, 0.25) is 10.0 Å². The van der Waals surface area contributed by atoms with Crippen molar-refractivity contribution in [2.24, 2.45) is 5.92 Å². The molecule has 0 atom stereocenters. The molecule has 34 heavy (non-hydrogen) atoms. The van der Waals surface area contributed by atoms with Gasteiger partial charge in [-0.2, -0.15) is 4.31 Å². The standard InChI is InChI=1S/C24H30N2O7S/c1-17(2)15-32-21-11-6-18(14-22(21)31-3)24(28)33-16-23(27)25-19-7-9-20(10-8-19)34(29,30)26-12-4-5-13-26/h6-11,14,17H,4-5,12-13,15-16H2,1-3H3,(H,25,27). The van der Waals surface area contributed by atoms with Gasteiger partial charge in [-0.25, -0.2) is 13.2 Å². The van der Waals surface area contributed by atoms with E-state index in [-0.39, 0.29) is 10.5 Å². The van der Waals surface area contributed by atoms with Gasteiger partial charge in [0, 0.05) is 18.8 Å². The van der Waals surface area contributed by atoms with Crippen LogP contribution in [0.25, 0.3) is 0 Å². The van der Waals surface area contributed by atoms with Gasteiger partial charge in [-0.3, -0.25) is 4.79 Å². The van der Waals surface area contributed by atoms with E-state index in [2.05, 4.69) is 5.32 Å². The maximum absolute atomic E-state index is 12.6. The maximum atomic E-state index is 12.6. The molecule has 1 N–H and O–H groups in total. The second-order valence-electron chi connectivity index (χ2n) is 8.33. The van der Waals surface area contributed by atoms with E-state index in [4.69, 9.17) is 14.2 Å². The van der Waals surface area contributed by atoms with Crippen molar-refractivity contribution in [1.29, 1.82) is 0 Å². The van der Waals surface area contributed by atoms with Crippen LogP contribution in [0.1, 0.15) is 37.0 Å². The van der Waals surface area contributed by atoms with Crippen molar-refractivity contribution >= 4 is 27.6 Å². The number of methoxy groups -OCH3 is 1. The van der Waals surface area contributed by atoms with E-state index in [0.29, 0.717) is 42.8 Å². The summed E-state index contributed by atoms with van der Waals surface area (Å²) in [5.41, 5.74) is 0.618. The summed E-state index contributed by atoms with van der Waals surface area (Å²) >= 11 is 0. The highest BCUT2D eigenvalue weighted by atomic mass is 32.2. The number of hydrogen-bond donors (Lipinski definition) is 1. The molecule has 10 heteroatoms. The van der Waals surface area contributed by atoms with Crippen molar-refractivity contribution < 1.29 is 32.2 Å². The molecule has 9 nitrogen and oxygen atoms in total. The summed E-state index contributed by atoms with van der Waals surface area (Å²) < 4.78 is 42.7. The fraction of sp³-hybridized carbons (Fsp3) is 0.417. The number of carbonyl (C=O) groups is 2. The zero-order valence-corrected chi connectivity index (χ0v) is 20.4. The normalized spacial score (nSPS) is 14.1. The quantitative estimate of drug-likeness (QED) is 0.509. The van der Waals surface area contributed by atoms with Crippen LogP contribution in [0.2, 0.25) is 0 Å². The van der Waals surface area contributed by atoms with Crippen LogP contribution in [0.15, 0.2) is 47.4 Å². The minimum atomic E-state index is -3.52. The lowest BCUT2D eigenvalue weighted by atomic mass is 10.2. The van der Waals surface area contributed by atoms with Crippen molar-refractivity contribution in [1.82, 2.24) is 4.31 Å². The number of rotatable bonds is 10. The Morgan fingerprint density at radius 2 is 1.71 bits per heavy atom. The third-order valence-electron chi connectivity index (χ3n) is 5.15. The Labute approximate surface area is 200 Å². The molecule has 1 aliphatic rings. The van der Waals surface area contributed by atoms with Crippen LogP contribution in [0.3, 0.4) is 0 Å². The van der Waals surface area contributed by atoms with Gasteiger partial charge >= 0.3 is 5.97 Å². The molecule has 1 aliphatic heterocycles. The molecule has 0 aliphatic carbocycles.